The molecule has 0 aliphatic carbocycles. The molecule has 0 fully saturated rings. The number of thiazole rings is 1. The van der Waals surface area contributed by atoms with Crippen molar-refractivity contribution in [2.45, 2.75) is 6.61 Å². The third-order valence-corrected chi connectivity index (χ3v) is 4.96. The molecule has 4 aromatic rings. The second-order valence-corrected chi connectivity index (χ2v) is 6.88. The molecule has 138 valence electrons. The molecule has 28 heavy (non-hydrogen) atoms. The van der Waals surface area contributed by atoms with E-state index in [-0.39, 0.29) is 12.4 Å². The van der Waals surface area contributed by atoms with Gasteiger partial charge in [-0.2, -0.15) is 0 Å². The Morgan fingerprint density at radius 2 is 1.86 bits per heavy atom. The first kappa shape index (κ1) is 18.0. The van der Waals surface area contributed by atoms with Crippen molar-refractivity contribution in [1.29, 1.82) is 0 Å². The SMILES string of the molecule is O=C(/C=C/c1ccc2ccccc2n1)OCc1csc(-c2ccc(F)cc2)n1. The van der Waals surface area contributed by atoms with Crippen molar-refractivity contribution in [3.8, 4) is 10.6 Å². The highest BCUT2D eigenvalue weighted by Gasteiger charge is 2.07. The van der Waals surface area contributed by atoms with E-state index in [1.165, 1.54) is 29.5 Å². The number of ether oxygens (including phenoxy) is 1. The van der Waals surface area contributed by atoms with Crippen molar-refractivity contribution in [3.05, 3.63) is 89.3 Å². The molecule has 0 unspecified atom stereocenters. The summed E-state index contributed by atoms with van der Waals surface area (Å²) in [7, 11) is 0. The second-order valence-electron chi connectivity index (χ2n) is 6.02. The molecule has 0 spiro atoms. The average molecular weight is 390 g/mol. The molecule has 0 atom stereocenters. The monoisotopic (exact) mass is 390 g/mol. The van der Waals surface area contributed by atoms with Gasteiger partial charge in [-0.05, 0) is 42.5 Å². The van der Waals surface area contributed by atoms with Crippen LogP contribution in [0, 0.1) is 5.82 Å². The maximum atomic E-state index is 13.0. The number of carbonyl (C=O) groups excluding carboxylic acids is 1. The van der Waals surface area contributed by atoms with Crippen LogP contribution < -0.4 is 0 Å². The number of carbonyl (C=O) groups is 1. The van der Waals surface area contributed by atoms with Crippen LogP contribution in [-0.4, -0.2) is 15.9 Å². The molecule has 0 bridgehead atoms. The lowest BCUT2D eigenvalue weighted by atomic mass is 10.2. The van der Waals surface area contributed by atoms with Gasteiger partial charge in [0, 0.05) is 22.4 Å². The molecule has 4 nitrogen and oxygen atoms in total. The summed E-state index contributed by atoms with van der Waals surface area (Å²) in [4.78, 5) is 20.9. The Bertz CT molecular complexity index is 1150. The van der Waals surface area contributed by atoms with E-state index in [0.29, 0.717) is 11.4 Å². The highest BCUT2D eigenvalue weighted by Crippen LogP contribution is 2.24. The lowest BCUT2D eigenvalue weighted by molar-refractivity contribution is -0.139. The van der Waals surface area contributed by atoms with Gasteiger partial charge in [0.25, 0.3) is 0 Å². The van der Waals surface area contributed by atoms with E-state index < -0.39 is 5.97 Å². The lowest BCUT2D eigenvalue weighted by Gasteiger charge is -2.00. The number of aromatic nitrogens is 2. The van der Waals surface area contributed by atoms with E-state index in [1.807, 2.05) is 41.8 Å². The van der Waals surface area contributed by atoms with Crippen LogP contribution >= 0.6 is 11.3 Å². The number of hydrogen-bond acceptors (Lipinski definition) is 5. The number of hydrogen-bond donors (Lipinski definition) is 0. The van der Waals surface area contributed by atoms with E-state index in [2.05, 4.69) is 9.97 Å². The fourth-order valence-corrected chi connectivity index (χ4v) is 3.43. The highest BCUT2D eigenvalue weighted by molar-refractivity contribution is 7.13. The maximum absolute atomic E-state index is 13.0. The summed E-state index contributed by atoms with van der Waals surface area (Å²) in [6, 6.07) is 17.7. The van der Waals surface area contributed by atoms with Crippen molar-refractivity contribution in [1.82, 2.24) is 9.97 Å². The van der Waals surface area contributed by atoms with Gasteiger partial charge in [0.05, 0.1) is 16.9 Å². The van der Waals surface area contributed by atoms with Crippen LogP contribution in [0.5, 0.6) is 0 Å². The molecule has 2 aromatic carbocycles. The van der Waals surface area contributed by atoms with Crippen LogP contribution in [0.15, 0.2) is 72.1 Å². The molecule has 0 N–H and O–H groups in total. The topological polar surface area (TPSA) is 52.1 Å². The van der Waals surface area contributed by atoms with Gasteiger partial charge in [-0.3, -0.25) is 0 Å². The van der Waals surface area contributed by atoms with Gasteiger partial charge in [-0.15, -0.1) is 11.3 Å². The Labute approximate surface area is 165 Å². The molecule has 2 heterocycles. The Balaban J connectivity index is 1.36. The van der Waals surface area contributed by atoms with E-state index in [4.69, 9.17) is 4.74 Å². The van der Waals surface area contributed by atoms with E-state index in [0.717, 1.165) is 21.5 Å². The molecule has 0 saturated carbocycles. The normalized spacial score (nSPS) is 11.2. The minimum absolute atomic E-state index is 0.0754. The fourth-order valence-electron chi connectivity index (χ4n) is 2.62. The number of para-hydroxylation sites is 1. The van der Waals surface area contributed by atoms with Gasteiger partial charge >= 0.3 is 5.97 Å². The number of fused-ring (bicyclic) bond motifs is 1. The van der Waals surface area contributed by atoms with Gasteiger partial charge in [0.2, 0.25) is 0 Å². The average Bonchev–Trinajstić information content (AvgIpc) is 3.20. The molecule has 0 aliphatic heterocycles. The zero-order chi connectivity index (χ0) is 19.3. The standard InChI is InChI=1S/C22H15FN2O2S/c23-17-8-5-16(6-9-17)22-25-19(14-28-22)13-27-21(26)12-11-18-10-7-15-3-1-2-4-20(15)24-18/h1-12,14H,13H2/b12-11+. The van der Waals surface area contributed by atoms with Crippen LogP contribution in [0.2, 0.25) is 0 Å². The Morgan fingerprint density at radius 3 is 2.71 bits per heavy atom. The summed E-state index contributed by atoms with van der Waals surface area (Å²) in [6.45, 7) is 0.0754. The highest BCUT2D eigenvalue weighted by atomic mass is 32.1. The zero-order valence-electron chi connectivity index (χ0n) is 14.7. The smallest absolute Gasteiger partial charge is 0.331 e. The van der Waals surface area contributed by atoms with Crippen molar-refractivity contribution in [2.24, 2.45) is 0 Å². The van der Waals surface area contributed by atoms with Crippen molar-refractivity contribution < 1.29 is 13.9 Å². The Kier molecular flexibility index (Phi) is 5.21. The third kappa shape index (κ3) is 4.29. The van der Waals surface area contributed by atoms with Gasteiger partial charge in [-0.25, -0.2) is 19.2 Å². The summed E-state index contributed by atoms with van der Waals surface area (Å²) in [5.74, 6) is -0.756. The molecular formula is C22H15FN2O2S. The molecule has 4 rings (SSSR count). The quantitative estimate of drug-likeness (QED) is 0.345. The Morgan fingerprint density at radius 1 is 1.04 bits per heavy atom. The van der Waals surface area contributed by atoms with Crippen LogP contribution in [-0.2, 0) is 16.1 Å². The summed E-state index contributed by atoms with van der Waals surface area (Å²) >= 11 is 1.42. The van der Waals surface area contributed by atoms with Crippen LogP contribution in [0.1, 0.15) is 11.4 Å². The van der Waals surface area contributed by atoms with Gasteiger partial charge in [0.1, 0.15) is 17.4 Å². The number of esters is 1. The van der Waals surface area contributed by atoms with Crippen LogP contribution in [0.4, 0.5) is 4.39 Å². The molecule has 0 amide bonds. The predicted octanol–water partition coefficient (Wildman–Crippen LogP) is 5.25. The van der Waals surface area contributed by atoms with Gasteiger partial charge in [-0.1, -0.05) is 24.3 Å². The molecular weight excluding hydrogens is 375 g/mol. The largest absolute Gasteiger partial charge is 0.456 e. The number of halogens is 1. The van der Waals surface area contributed by atoms with Crippen LogP contribution in [0.25, 0.3) is 27.6 Å². The fraction of sp³-hybridized carbons (Fsp3) is 0.0455. The minimum atomic E-state index is -0.466. The third-order valence-electron chi connectivity index (χ3n) is 4.02. The molecule has 6 heteroatoms. The summed E-state index contributed by atoms with van der Waals surface area (Å²) in [5.41, 5.74) is 3.03. The van der Waals surface area contributed by atoms with Crippen molar-refractivity contribution in [3.63, 3.8) is 0 Å². The molecule has 0 aliphatic rings. The van der Waals surface area contributed by atoms with Gasteiger partial charge < -0.3 is 4.74 Å². The zero-order valence-corrected chi connectivity index (χ0v) is 15.5. The first-order valence-corrected chi connectivity index (χ1v) is 9.46. The maximum Gasteiger partial charge on any atom is 0.331 e. The summed E-state index contributed by atoms with van der Waals surface area (Å²) in [6.07, 6.45) is 2.98. The van der Waals surface area contributed by atoms with E-state index >= 15 is 0 Å². The summed E-state index contributed by atoms with van der Waals surface area (Å²) in [5, 5.41) is 3.62. The van der Waals surface area contributed by atoms with Crippen LogP contribution in [0.3, 0.4) is 0 Å². The first-order chi connectivity index (χ1) is 13.7. The number of pyridine rings is 1. The number of benzene rings is 2. The minimum Gasteiger partial charge on any atom is -0.456 e. The number of rotatable bonds is 5. The number of nitrogens with zero attached hydrogens (tertiary/aromatic N) is 2. The second kappa shape index (κ2) is 8.10. The molecule has 0 saturated heterocycles. The van der Waals surface area contributed by atoms with Gasteiger partial charge in [0.15, 0.2) is 0 Å². The Hall–Kier alpha value is -3.38. The van der Waals surface area contributed by atoms with E-state index in [1.54, 1.807) is 18.2 Å². The van der Waals surface area contributed by atoms with E-state index in [9.17, 15) is 9.18 Å². The first-order valence-electron chi connectivity index (χ1n) is 8.58. The molecule has 0 radical (unpaired) electrons. The summed E-state index contributed by atoms with van der Waals surface area (Å²) < 4.78 is 18.2. The molecule has 2 aromatic heterocycles. The lowest BCUT2D eigenvalue weighted by Crippen LogP contribution is -2.01. The predicted molar refractivity (Wildman–Crippen MR) is 108 cm³/mol. The van der Waals surface area contributed by atoms with Crippen molar-refractivity contribution in [2.75, 3.05) is 0 Å². The van der Waals surface area contributed by atoms with Crippen molar-refractivity contribution >= 4 is 34.3 Å².